The summed E-state index contributed by atoms with van der Waals surface area (Å²) in [6.45, 7) is 1.89. The van der Waals surface area contributed by atoms with Gasteiger partial charge in [-0.25, -0.2) is 0 Å². The van der Waals surface area contributed by atoms with Crippen molar-refractivity contribution in [2.75, 3.05) is 5.73 Å². The fraction of sp³-hybridized carbons (Fsp3) is 0.0909. The minimum Gasteiger partial charge on any atom is -0.384 e. The highest BCUT2D eigenvalue weighted by Crippen LogP contribution is 2.13. The maximum atomic E-state index is 11.8. The summed E-state index contributed by atoms with van der Waals surface area (Å²) in [4.78, 5) is 14.6. The average Bonchev–Trinajstić information content (AvgIpc) is 2.20. The van der Waals surface area contributed by atoms with Crippen molar-refractivity contribution in [2.24, 2.45) is 0 Å². The van der Waals surface area contributed by atoms with Crippen LogP contribution in [0.2, 0.25) is 0 Å². The summed E-state index contributed by atoms with van der Waals surface area (Å²) in [7, 11) is 0. The van der Waals surface area contributed by atoms with Crippen molar-refractivity contribution in [1.29, 1.82) is 5.26 Å². The van der Waals surface area contributed by atoms with E-state index in [4.69, 9.17) is 11.0 Å². The van der Waals surface area contributed by atoms with Crippen LogP contribution >= 0.6 is 0 Å². The Hall–Kier alpha value is -2.28. The molecule has 3 N–H and O–H groups in total. The number of rotatable bonds is 0. The van der Waals surface area contributed by atoms with E-state index in [1.807, 2.05) is 13.0 Å². The van der Waals surface area contributed by atoms with Gasteiger partial charge in [0.25, 0.3) is 0 Å². The average molecular weight is 199 g/mol. The Labute approximate surface area is 86.0 Å². The Morgan fingerprint density at radius 3 is 2.87 bits per heavy atom. The summed E-state index contributed by atoms with van der Waals surface area (Å²) in [5.74, 6) is 0.124. The lowest BCUT2D eigenvalue weighted by Gasteiger charge is -2.02. The van der Waals surface area contributed by atoms with Crippen LogP contribution in [0.15, 0.2) is 23.0 Å². The molecule has 0 amide bonds. The molecule has 0 aliphatic rings. The summed E-state index contributed by atoms with van der Waals surface area (Å²) >= 11 is 0. The van der Waals surface area contributed by atoms with Crippen LogP contribution in [0.25, 0.3) is 10.9 Å². The van der Waals surface area contributed by atoms with Crippen LogP contribution in [0.3, 0.4) is 0 Å². The Balaban J connectivity index is 3.01. The lowest BCUT2D eigenvalue weighted by atomic mass is 10.1. The van der Waals surface area contributed by atoms with Gasteiger partial charge < -0.3 is 10.7 Å². The number of hydrogen-bond donors (Lipinski definition) is 2. The Bertz CT molecular complexity index is 635. The summed E-state index contributed by atoms with van der Waals surface area (Å²) in [6, 6.07) is 7.21. The minimum atomic E-state index is -0.313. The lowest BCUT2D eigenvalue weighted by molar-refractivity contribution is 1.34. The molecule has 1 heterocycles. The minimum absolute atomic E-state index is 0.0203. The van der Waals surface area contributed by atoms with E-state index in [1.165, 1.54) is 0 Å². The molecule has 0 saturated carbocycles. The topological polar surface area (TPSA) is 82.7 Å². The number of nitrogen functional groups attached to an aromatic ring is 1. The maximum Gasteiger partial charge on any atom is 0.209 e. The molecule has 2 rings (SSSR count). The highest BCUT2D eigenvalue weighted by atomic mass is 16.1. The van der Waals surface area contributed by atoms with E-state index < -0.39 is 0 Å². The second kappa shape index (κ2) is 3.14. The van der Waals surface area contributed by atoms with Gasteiger partial charge in [-0.1, -0.05) is 11.6 Å². The molecule has 0 unspecified atom stereocenters. The molecular formula is C11H9N3O. The summed E-state index contributed by atoms with van der Waals surface area (Å²) < 4.78 is 0. The number of nitrogens with two attached hydrogens (primary N) is 1. The first-order valence-corrected chi connectivity index (χ1v) is 4.45. The van der Waals surface area contributed by atoms with Gasteiger partial charge in [-0.15, -0.1) is 0 Å². The van der Waals surface area contributed by atoms with Crippen LogP contribution in [-0.4, -0.2) is 4.98 Å². The molecule has 15 heavy (non-hydrogen) atoms. The lowest BCUT2D eigenvalue weighted by Crippen LogP contribution is -2.11. The number of H-pyrrole nitrogens is 1. The first kappa shape index (κ1) is 9.28. The molecule has 0 aliphatic heterocycles. The van der Waals surface area contributed by atoms with Gasteiger partial charge in [0.2, 0.25) is 5.43 Å². The van der Waals surface area contributed by atoms with E-state index in [9.17, 15) is 4.79 Å². The zero-order chi connectivity index (χ0) is 11.0. The molecule has 0 saturated heterocycles. The number of nitriles is 1. The van der Waals surface area contributed by atoms with Gasteiger partial charge in [0.1, 0.15) is 17.5 Å². The zero-order valence-electron chi connectivity index (χ0n) is 8.16. The largest absolute Gasteiger partial charge is 0.384 e. The fourth-order valence-electron chi connectivity index (χ4n) is 1.53. The molecule has 74 valence electrons. The van der Waals surface area contributed by atoms with Crippen molar-refractivity contribution < 1.29 is 0 Å². The molecule has 0 spiro atoms. The molecule has 4 nitrogen and oxygen atoms in total. The molecule has 1 aromatic carbocycles. The monoisotopic (exact) mass is 199 g/mol. The first-order valence-electron chi connectivity index (χ1n) is 4.45. The van der Waals surface area contributed by atoms with Gasteiger partial charge in [-0.3, -0.25) is 4.79 Å². The number of fused-ring (bicyclic) bond motifs is 1. The van der Waals surface area contributed by atoms with Crippen molar-refractivity contribution >= 4 is 16.7 Å². The number of aromatic amines is 1. The van der Waals surface area contributed by atoms with Crippen molar-refractivity contribution in [3.8, 4) is 6.07 Å². The Kier molecular flexibility index (Phi) is 1.94. The van der Waals surface area contributed by atoms with E-state index in [1.54, 1.807) is 18.2 Å². The first-order chi connectivity index (χ1) is 7.13. The maximum absolute atomic E-state index is 11.8. The van der Waals surface area contributed by atoms with Crippen LogP contribution in [0.1, 0.15) is 11.1 Å². The van der Waals surface area contributed by atoms with Crippen molar-refractivity contribution in [3.63, 3.8) is 0 Å². The van der Waals surface area contributed by atoms with Crippen LogP contribution in [-0.2, 0) is 0 Å². The van der Waals surface area contributed by atoms with Crippen LogP contribution in [0.4, 0.5) is 5.82 Å². The number of anilines is 1. The van der Waals surface area contributed by atoms with Gasteiger partial charge in [0.15, 0.2) is 0 Å². The number of pyridine rings is 1. The van der Waals surface area contributed by atoms with E-state index in [0.717, 1.165) is 5.56 Å². The summed E-state index contributed by atoms with van der Waals surface area (Å²) in [5.41, 5.74) is 6.85. The van der Waals surface area contributed by atoms with Crippen molar-refractivity contribution in [1.82, 2.24) is 4.98 Å². The van der Waals surface area contributed by atoms with Crippen LogP contribution in [0.5, 0.6) is 0 Å². The SMILES string of the molecule is Cc1ccc2[nH]c(N)c(C#N)c(=O)c2c1. The van der Waals surface area contributed by atoms with Crippen molar-refractivity contribution in [3.05, 3.63) is 39.5 Å². The second-order valence-corrected chi connectivity index (χ2v) is 3.40. The van der Waals surface area contributed by atoms with E-state index in [2.05, 4.69) is 4.98 Å². The number of aryl methyl sites for hydroxylation is 1. The molecule has 0 atom stereocenters. The molecule has 0 fully saturated rings. The van der Waals surface area contributed by atoms with Crippen LogP contribution in [0, 0.1) is 18.3 Å². The van der Waals surface area contributed by atoms with Gasteiger partial charge in [-0.05, 0) is 19.1 Å². The molecule has 0 bridgehead atoms. The fourth-order valence-corrected chi connectivity index (χ4v) is 1.53. The molecular weight excluding hydrogens is 190 g/mol. The van der Waals surface area contributed by atoms with Gasteiger partial charge in [-0.2, -0.15) is 5.26 Å². The Morgan fingerprint density at radius 2 is 2.20 bits per heavy atom. The number of nitrogens with zero attached hydrogens (tertiary/aromatic N) is 1. The predicted octanol–water partition coefficient (Wildman–Crippen LogP) is 1.29. The number of benzene rings is 1. The number of nitrogens with one attached hydrogen (secondary N) is 1. The molecule has 1 aromatic heterocycles. The second-order valence-electron chi connectivity index (χ2n) is 3.40. The van der Waals surface area contributed by atoms with Gasteiger partial charge in [0.05, 0.1) is 5.52 Å². The smallest absolute Gasteiger partial charge is 0.209 e. The standard InChI is InChI=1S/C11H9N3O/c1-6-2-3-9-7(4-6)10(15)8(5-12)11(13)14-9/h2-4H,1H3,(H3,13,14,15). The highest BCUT2D eigenvalue weighted by molar-refractivity contribution is 5.82. The van der Waals surface area contributed by atoms with Crippen LogP contribution < -0.4 is 11.2 Å². The Morgan fingerprint density at radius 1 is 1.47 bits per heavy atom. The zero-order valence-corrected chi connectivity index (χ0v) is 8.16. The molecule has 2 aromatic rings. The van der Waals surface area contributed by atoms with E-state index in [0.29, 0.717) is 10.9 Å². The molecule has 0 aliphatic carbocycles. The quantitative estimate of drug-likeness (QED) is 0.670. The molecule has 0 radical (unpaired) electrons. The summed E-state index contributed by atoms with van der Waals surface area (Å²) in [6.07, 6.45) is 0. The molecule has 4 heteroatoms. The van der Waals surface area contributed by atoms with Gasteiger partial charge in [0, 0.05) is 5.39 Å². The van der Waals surface area contributed by atoms with Crippen molar-refractivity contribution in [2.45, 2.75) is 6.92 Å². The van der Waals surface area contributed by atoms with E-state index in [-0.39, 0.29) is 16.8 Å². The number of hydrogen-bond acceptors (Lipinski definition) is 3. The number of aromatic nitrogens is 1. The van der Waals surface area contributed by atoms with Gasteiger partial charge >= 0.3 is 0 Å². The van der Waals surface area contributed by atoms with E-state index >= 15 is 0 Å². The third kappa shape index (κ3) is 1.34. The third-order valence-electron chi connectivity index (χ3n) is 2.30. The summed E-state index contributed by atoms with van der Waals surface area (Å²) in [5, 5.41) is 9.28. The normalized spacial score (nSPS) is 10.1. The highest BCUT2D eigenvalue weighted by Gasteiger charge is 2.08. The third-order valence-corrected chi connectivity index (χ3v) is 2.30. The predicted molar refractivity (Wildman–Crippen MR) is 58.4 cm³/mol.